The first-order valence-electron chi connectivity index (χ1n) is 2.88. The summed E-state index contributed by atoms with van der Waals surface area (Å²) in [6.45, 7) is 3.46. The van der Waals surface area contributed by atoms with Gasteiger partial charge in [-0.25, -0.2) is 4.79 Å². The first kappa shape index (κ1) is 6.80. The van der Waals surface area contributed by atoms with Gasteiger partial charge >= 0.3 is 6.09 Å². The van der Waals surface area contributed by atoms with Crippen molar-refractivity contribution in [2.24, 2.45) is 0 Å². The van der Waals surface area contributed by atoms with Crippen molar-refractivity contribution in [2.45, 2.75) is 13.8 Å². The predicted octanol–water partition coefficient (Wildman–Crippen LogP) is 1.03. The number of rotatable bonds is 0. The summed E-state index contributed by atoms with van der Waals surface area (Å²) < 4.78 is 0.954. The van der Waals surface area contributed by atoms with Crippen LogP contribution in [0.25, 0.3) is 0 Å². The summed E-state index contributed by atoms with van der Waals surface area (Å²) in [7, 11) is 0. The Morgan fingerprint density at radius 3 is 2.50 bits per heavy atom. The van der Waals surface area contributed by atoms with Gasteiger partial charge in [0.15, 0.2) is 0 Å². The molecule has 0 aliphatic heterocycles. The summed E-state index contributed by atoms with van der Waals surface area (Å²) in [5.74, 6) is 0. The lowest BCUT2D eigenvalue weighted by molar-refractivity contribution is 0.192. The van der Waals surface area contributed by atoms with E-state index < -0.39 is 6.09 Å². The molecule has 1 aromatic rings. The molecule has 0 aromatic carbocycles. The number of hydrogen-bond acceptors (Lipinski definition) is 2. The number of carbonyl (C=O) groups is 1. The van der Waals surface area contributed by atoms with Crippen LogP contribution in [0, 0.1) is 13.8 Å². The van der Waals surface area contributed by atoms with Crippen LogP contribution >= 0.6 is 0 Å². The summed E-state index contributed by atoms with van der Waals surface area (Å²) >= 11 is 0. The zero-order valence-corrected chi connectivity index (χ0v) is 5.83. The lowest BCUT2D eigenvalue weighted by atomic mass is 10.4. The Bertz CT molecular complexity index is 265. The molecule has 0 aliphatic rings. The zero-order chi connectivity index (χ0) is 7.72. The fourth-order valence-corrected chi connectivity index (χ4v) is 0.823. The minimum atomic E-state index is -1.04. The van der Waals surface area contributed by atoms with Crippen LogP contribution < -0.4 is 0 Å². The molecule has 0 atom stereocenters. The Morgan fingerprint density at radius 2 is 2.30 bits per heavy atom. The van der Waals surface area contributed by atoms with Gasteiger partial charge in [-0.15, -0.1) is 0 Å². The van der Waals surface area contributed by atoms with E-state index in [1.807, 2.05) is 0 Å². The molecule has 0 bridgehead atoms. The highest BCUT2D eigenvalue weighted by Gasteiger charge is 2.05. The van der Waals surface area contributed by atoms with Crippen LogP contribution in [0.15, 0.2) is 6.07 Å². The number of aryl methyl sites for hydroxylation is 2. The molecule has 0 unspecified atom stereocenters. The van der Waals surface area contributed by atoms with Gasteiger partial charge in [0.1, 0.15) is 0 Å². The molecule has 0 saturated heterocycles. The van der Waals surface area contributed by atoms with Crippen molar-refractivity contribution < 1.29 is 9.90 Å². The van der Waals surface area contributed by atoms with E-state index in [9.17, 15) is 4.79 Å². The van der Waals surface area contributed by atoms with E-state index in [0.717, 1.165) is 10.4 Å². The van der Waals surface area contributed by atoms with Gasteiger partial charge < -0.3 is 5.11 Å². The number of nitrogens with zero attached hydrogens (tertiary/aromatic N) is 2. The monoisotopic (exact) mass is 140 g/mol. The fraction of sp³-hybridized carbons (Fsp3) is 0.333. The maximum Gasteiger partial charge on any atom is 0.432 e. The minimum Gasteiger partial charge on any atom is -0.463 e. The molecule has 1 aromatic heterocycles. The third-order valence-corrected chi connectivity index (χ3v) is 1.19. The van der Waals surface area contributed by atoms with E-state index >= 15 is 0 Å². The molecule has 0 aliphatic carbocycles. The molecule has 54 valence electrons. The van der Waals surface area contributed by atoms with Crippen LogP contribution in [-0.2, 0) is 0 Å². The molecule has 0 saturated carbocycles. The van der Waals surface area contributed by atoms with Crippen LogP contribution in [-0.4, -0.2) is 21.0 Å². The summed E-state index contributed by atoms with van der Waals surface area (Å²) in [6.07, 6.45) is -1.04. The second kappa shape index (κ2) is 2.13. The summed E-state index contributed by atoms with van der Waals surface area (Å²) in [4.78, 5) is 10.3. The van der Waals surface area contributed by atoms with Crippen molar-refractivity contribution in [1.29, 1.82) is 0 Å². The molecule has 4 heteroatoms. The van der Waals surface area contributed by atoms with Gasteiger partial charge in [-0.3, -0.25) is 0 Å². The lowest BCUT2D eigenvalue weighted by Crippen LogP contribution is -2.11. The van der Waals surface area contributed by atoms with Crippen molar-refractivity contribution in [1.82, 2.24) is 9.78 Å². The van der Waals surface area contributed by atoms with Gasteiger partial charge in [-0.1, -0.05) is 0 Å². The lowest BCUT2D eigenvalue weighted by Gasteiger charge is -1.92. The Hall–Kier alpha value is -1.32. The smallest absolute Gasteiger partial charge is 0.432 e. The van der Waals surface area contributed by atoms with E-state index in [2.05, 4.69) is 5.10 Å². The molecule has 1 N–H and O–H groups in total. The normalized spacial score (nSPS) is 9.80. The molecule has 1 heterocycles. The molecule has 1 rings (SSSR count). The maximum absolute atomic E-state index is 10.3. The van der Waals surface area contributed by atoms with Gasteiger partial charge in [0.05, 0.1) is 5.69 Å². The van der Waals surface area contributed by atoms with E-state index in [1.54, 1.807) is 19.9 Å². The molecule has 0 spiro atoms. The highest BCUT2D eigenvalue weighted by molar-refractivity contribution is 5.67. The number of aromatic nitrogens is 2. The molecule has 0 radical (unpaired) electrons. The highest BCUT2D eigenvalue weighted by atomic mass is 16.4. The molecule has 0 amide bonds. The maximum atomic E-state index is 10.3. The molecule has 4 nitrogen and oxygen atoms in total. The van der Waals surface area contributed by atoms with E-state index in [4.69, 9.17) is 5.11 Å². The van der Waals surface area contributed by atoms with Crippen molar-refractivity contribution in [3.63, 3.8) is 0 Å². The second-order valence-electron chi connectivity index (χ2n) is 2.12. The first-order valence-corrected chi connectivity index (χ1v) is 2.88. The Morgan fingerprint density at radius 1 is 1.70 bits per heavy atom. The number of carboxylic acid groups (broad SMARTS) is 1. The van der Waals surface area contributed by atoms with Crippen LogP contribution in [0.2, 0.25) is 0 Å². The standard InChI is InChI=1S/C6H8N2O2/c1-4-3-5(2)8(7-4)6(9)10/h3H,1-2H3,(H,9,10). The van der Waals surface area contributed by atoms with Gasteiger partial charge in [-0.05, 0) is 19.9 Å². The van der Waals surface area contributed by atoms with Crippen molar-refractivity contribution in [3.05, 3.63) is 17.5 Å². The Kier molecular flexibility index (Phi) is 1.45. The minimum absolute atomic E-state index is 0.644. The molecular formula is C6H8N2O2. The first-order chi connectivity index (χ1) is 4.61. The van der Waals surface area contributed by atoms with Gasteiger partial charge in [-0.2, -0.15) is 9.78 Å². The van der Waals surface area contributed by atoms with Crippen LogP contribution in [0.3, 0.4) is 0 Å². The summed E-state index contributed by atoms with van der Waals surface area (Å²) in [5.41, 5.74) is 1.37. The van der Waals surface area contributed by atoms with Crippen molar-refractivity contribution >= 4 is 6.09 Å². The molecule has 10 heavy (non-hydrogen) atoms. The second-order valence-corrected chi connectivity index (χ2v) is 2.12. The third kappa shape index (κ3) is 1.00. The van der Waals surface area contributed by atoms with Crippen LogP contribution in [0.1, 0.15) is 11.4 Å². The third-order valence-electron chi connectivity index (χ3n) is 1.19. The quantitative estimate of drug-likeness (QED) is 0.585. The molecular weight excluding hydrogens is 132 g/mol. The summed E-state index contributed by atoms with van der Waals surface area (Å²) in [6, 6.07) is 1.72. The largest absolute Gasteiger partial charge is 0.463 e. The Balaban J connectivity index is 3.15. The van der Waals surface area contributed by atoms with Gasteiger partial charge in [0.25, 0.3) is 0 Å². The number of hydrogen-bond donors (Lipinski definition) is 1. The van der Waals surface area contributed by atoms with Crippen molar-refractivity contribution in [2.75, 3.05) is 0 Å². The van der Waals surface area contributed by atoms with Crippen LogP contribution in [0.4, 0.5) is 4.79 Å². The van der Waals surface area contributed by atoms with Gasteiger partial charge in [0, 0.05) is 5.69 Å². The topological polar surface area (TPSA) is 55.1 Å². The predicted molar refractivity (Wildman–Crippen MR) is 35.1 cm³/mol. The zero-order valence-electron chi connectivity index (χ0n) is 5.83. The SMILES string of the molecule is Cc1cc(C)n(C(=O)O)n1. The fourth-order valence-electron chi connectivity index (χ4n) is 0.823. The highest BCUT2D eigenvalue weighted by Crippen LogP contribution is 1.99. The van der Waals surface area contributed by atoms with Gasteiger partial charge in [0.2, 0.25) is 0 Å². The average Bonchev–Trinajstić information content (AvgIpc) is 2.10. The van der Waals surface area contributed by atoms with E-state index in [-0.39, 0.29) is 0 Å². The summed E-state index contributed by atoms with van der Waals surface area (Å²) in [5, 5.41) is 12.2. The molecule has 0 fully saturated rings. The van der Waals surface area contributed by atoms with Crippen molar-refractivity contribution in [3.8, 4) is 0 Å². The van der Waals surface area contributed by atoms with E-state index in [0.29, 0.717) is 5.69 Å². The Labute approximate surface area is 58.1 Å². The van der Waals surface area contributed by atoms with Crippen LogP contribution in [0.5, 0.6) is 0 Å². The van der Waals surface area contributed by atoms with E-state index in [1.165, 1.54) is 0 Å². The average molecular weight is 140 g/mol.